The molecule has 0 unspecified atom stereocenters. The first-order valence-electron chi connectivity index (χ1n) is 7.51. The Kier molecular flexibility index (Phi) is 5.84. The van der Waals surface area contributed by atoms with Gasteiger partial charge in [0.15, 0.2) is 0 Å². The third kappa shape index (κ3) is 4.61. The zero-order chi connectivity index (χ0) is 16.8. The molecule has 0 fully saturated rings. The number of nitriles is 1. The van der Waals surface area contributed by atoms with Crippen LogP contribution in [0.2, 0.25) is 0 Å². The average Bonchev–Trinajstić information content (AvgIpc) is 2.55. The summed E-state index contributed by atoms with van der Waals surface area (Å²) < 4.78 is 0. The Balaban J connectivity index is 2.14. The number of thioether (sulfide) groups is 1. The minimum Gasteiger partial charge on any atom is -0.337 e. The summed E-state index contributed by atoms with van der Waals surface area (Å²) in [6, 6.07) is 17.1. The van der Waals surface area contributed by atoms with Crippen molar-refractivity contribution >= 4 is 17.7 Å². The van der Waals surface area contributed by atoms with Crippen LogP contribution in [-0.4, -0.2) is 23.1 Å². The van der Waals surface area contributed by atoms with Crippen LogP contribution in [0.5, 0.6) is 0 Å². The molecule has 1 amide bonds. The van der Waals surface area contributed by atoms with Crippen molar-refractivity contribution in [1.82, 2.24) is 4.90 Å². The molecule has 0 N–H and O–H groups in total. The third-order valence-electron chi connectivity index (χ3n) is 3.33. The molecule has 2 rings (SSSR count). The van der Waals surface area contributed by atoms with Gasteiger partial charge in [-0.1, -0.05) is 38.1 Å². The Morgan fingerprint density at radius 1 is 1.17 bits per heavy atom. The fraction of sp³-hybridized carbons (Fsp3) is 0.263. The van der Waals surface area contributed by atoms with Gasteiger partial charge < -0.3 is 4.90 Å². The van der Waals surface area contributed by atoms with Crippen molar-refractivity contribution in [1.29, 1.82) is 5.26 Å². The first-order valence-corrected chi connectivity index (χ1v) is 8.39. The molecule has 0 radical (unpaired) electrons. The summed E-state index contributed by atoms with van der Waals surface area (Å²) in [6.45, 7) is 4.75. The summed E-state index contributed by atoms with van der Waals surface area (Å²) >= 11 is 1.70. The van der Waals surface area contributed by atoms with Crippen LogP contribution in [0.3, 0.4) is 0 Å². The van der Waals surface area contributed by atoms with Gasteiger partial charge in [-0.3, -0.25) is 4.79 Å². The van der Waals surface area contributed by atoms with E-state index in [0.29, 0.717) is 17.4 Å². The Morgan fingerprint density at radius 3 is 2.43 bits per heavy atom. The predicted molar refractivity (Wildman–Crippen MR) is 94.4 cm³/mol. The SMILES string of the molecule is CC(C)Sc1ccccc1C(=O)N(C)Cc1ccc(C#N)cc1. The van der Waals surface area contributed by atoms with Gasteiger partial charge in [0, 0.05) is 23.7 Å². The quantitative estimate of drug-likeness (QED) is 0.769. The van der Waals surface area contributed by atoms with Gasteiger partial charge in [0.2, 0.25) is 0 Å². The van der Waals surface area contributed by atoms with Gasteiger partial charge in [-0.25, -0.2) is 0 Å². The van der Waals surface area contributed by atoms with Gasteiger partial charge in [-0.05, 0) is 29.8 Å². The number of benzene rings is 2. The Morgan fingerprint density at radius 2 is 1.83 bits per heavy atom. The molecule has 2 aromatic rings. The van der Waals surface area contributed by atoms with E-state index < -0.39 is 0 Å². The highest BCUT2D eigenvalue weighted by atomic mass is 32.2. The van der Waals surface area contributed by atoms with E-state index in [2.05, 4.69) is 19.9 Å². The lowest BCUT2D eigenvalue weighted by molar-refractivity contribution is 0.0781. The predicted octanol–water partition coefficient (Wildman–Crippen LogP) is 4.33. The van der Waals surface area contributed by atoms with E-state index >= 15 is 0 Å². The standard InChI is InChI=1S/C19H20N2OS/c1-14(2)23-18-7-5-4-6-17(18)19(22)21(3)13-16-10-8-15(12-20)9-11-16/h4-11,14H,13H2,1-3H3. The van der Waals surface area contributed by atoms with Crippen molar-refractivity contribution in [3.63, 3.8) is 0 Å². The topological polar surface area (TPSA) is 44.1 Å². The number of amides is 1. The maximum absolute atomic E-state index is 12.7. The summed E-state index contributed by atoms with van der Waals surface area (Å²) in [5.41, 5.74) is 2.37. The van der Waals surface area contributed by atoms with Crippen LogP contribution >= 0.6 is 11.8 Å². The van der Waals surface area contributed by atoms with E-state index in [4.69, 9.17) is 5.26 Å². The summed E-state index contributed by atoms with van der Waals surface area (Å²) in [7, 11) is 1.80. The highest BCUT2D eigenvalue weighted by Crippen LogP contribution is 2.27. The van der Waals surface area contributed by atoms with Crippen LogP contribution in [0.1, 0.15) is 35.3 Å². The molecule has 3 nitrogen and oxygen atoms in total. The summed E-state index contributed by atoms with van der Waals surface area (Å²) in [5.74, 6) is 0.0121. The molecule has 0 spiro atoms. The molecule has 118 valence electrons. The molecule has 2 aromatic carbocycles. The molecule has 0 atom stereocenters. The second-order valence-corrected chi connectivity index (χ2v) is 7.25. The van der Waals surface area contributed by atoms with Crippen molar-refractivity contribution in [3.8, 4) is 6.07 Å². The number of hydrogen-bond donors (Lipinski definition) is 0. The number of hydrogen-bond acceptors (Lipinski definition) is 3. The van der Waals surface area contributed by atoms with Crippen molar-refractivity contribution in [3.05, 3.63) is 65.2 Å². The second-order valence-electron chi connectivity index (χ2n) is 5.63. The lowest BCUT2D eigenvalue weighted by atomic mass is 10.1. The van der Waals surface area contributed by atoms with Crippen molar-refractivity contribution in [2.75, 3.05) is 7.05 Å². The molecule has 0 aromatic heterocycles. The minimum absolute atomic E-state index is 0.0121. The van der Waals surface area contributed by atoms with Crippen LogP contribution < -0.4 is 0 Å². The van der Waals surface area contributed by atoms with Gasteiger partial charge in [0.1, 0.15) is 0 Å². The third-order valence-corrected chi connectivity index (χ3v) is 4.41. The molecule has 0 heterocycles. The lowest BCUT2D eigenvalue weighted by Gasteiger charge is -2.19. The van der Waals surface area contributed by atoms with Gasteiger partial charge in [-0.2, -0.15) is 5.26 Å². The maximum Gasteiger partial charge on any atom is 0.255 e. The van der Waals surface area contributed by atoms with E-state index in [0.717, 1.165) is 16.0 Å². The zero-order valence-corrected chi connectivity index (χ0v) is 14.4. The highest BCUT2D eigenvalue weighted by Gasteiger charge is 2.16. The molecular formula is C19H20N2OS. The number of carbonyl (C=O) groups excluding carboxylic acids is 1. The van der Waals surface area contributed by atoms with Crippen molar-refractivity contribution < 1.29 is 4.79 Å². The summed E-state index contributed by atoms with van der Waals surface area (Å²) in [6.07, 6.45) is 0. The highest BCUT2D eigenvalue weighted by molar-refractivity contribution is 8.00. The minimum atomic E-state index is 0.0121. The lowest BCUT2D eigenvalue weighted by Crippen LogP contribution is -2.26. The maximum atomic E-state index is 12.7. The van der Waals surface area contributed by atoms with Crippen LogP contribution in [0.25, 0.3) is 0 Å². The molecule has 0 saturated heterocycles. The smallest absolute Gasteiger partial charge is 0.255 e. The zero-order valence-electron chi connectivity index (χ0n) is 13.6. The average molecular weight is 324 g/mol. The molecule has 0 saturated carbocycles. The monoisotopic (exact) mass is 324 g/mol. The van der Waals surface area contributed by atoms with Crippen LogP contribution in [-0.2, 0) is 6.54 Å². The number of nitrogens with zero attached hydrogens (tertiary/aromatic N) is 2. The van der Waals surface area contributed by atoms with E-state index in [1.807, 2.05) is 36.4 Å². The molecule has 0 aliphatic carbocycles. The van der Waals surface area contributed by atoms with E-state index in [1.165, 1.54) is 0 Å². The Labute approximate surface area is 141 Å². The molecule has 0 bridgehead atoms. The van der Waals surface area contributed by atoms with Gasteiger partial charge in [0.05, 0.1) is 17.2 Å². The van der Waals surface area contributed by atoms with Gasteiger partial charge in [-0.15, -0.1) is 11.8 Å². The van der Waals surface area contributed by atoms with Crippen molar-refractivity contribution in [2.45, 2.75) is 30.5 Å². The fourth-order valence-electron chi connectivity index (χ4n) is 2.24. The molecule has 0 aliphatic rings. The molecule has 23 heavy (non-hydrogen) atoms. The van der Waals surface area contributed by atoms with E-state index in [1.54, 1.807) is 35.8 Å². The molecule has 0 aliphatic heterocycles. The largest absolute Gasteiger partial charge is 0.337 e. The first kappa shape index (κ1) is 17.1. The number of rotatable bonds is 5. The molecular weight excluding hydrogens is 304 g/mol. The van der Waals surface area contributed by atoms with E-state index in [9.17, 15) is 4.79 Å². The van der Waals surface area contributed by atoms with Crippen LogP contribution in [0, 0.1) is 11.3 Å². The Hall–Kier alpha value is -2.25. The normalized spacial score (nSPS) is 10.4. The second kappa shape index (κ2) is 7.85. The molecule has 4 heteroatoms. The summed E-state index contributed by atoms with van der Waals surface area (Å²) in [4.78, 5) is 15.5. The first-order chi connectivity index (χ1) is 11.0. The fourth-order valence-corrected chi connectivity index (χ4v) is 3.18. The number of carbonyl (C=O) groups is 1. The summed E-state index contributed by atoms with van der Waals surface area (Å²) in [5, 5.41) is 9.26. The Bertz CT molecular complexity index is 717. The van der Waals surface area contributed by atoms with Gasteiger partial charge in [0.25, 0.3) is 5.91 Å². The van der Waals surface area contributed by atoms with E-state index in [-0.39, 0.29) is 5.91 Å². The van der Waals surface area contributed by atoms with Crippen LogP contribution in [0.15, 0.2) is 53.4 Å². The van der Waals surface area contributed by atoms with Gasteiger partial charge >= 0.3 is 0 Å². The van der Waals surface area contributed by atoms with Crippen LogP contribution in [0.4, 0.5) is 0 Å². The van der Waals surface area contributed by atoms with Crippen molar-refractivity contribution in [2.24, 2.45) is 0 Å².